The van der Waals surface area contributed by atoms with Crippen LogP contribution in [-0.4, -0.2) is 36.6 Å². The highest BCUT2D eigenvalue weighted by molar-refractivity contribution is 7.17. The minimum Gasteiger partial charge on any atom is -0.497 e. The molecule has 144 valence electrons. The number of thiazole rings is 1. The molecule has 0 spiro atoms. The third-order valence-corrected chi connectivity index (χ3v) is 6.53. The summed E-state index contributed by atoms with van der Waals surface area (Å²) in [5.74, 6) is 1.35. The van der Waals surface area contributed by atoms with E-state index in [-0.39, 0.29) is 0 Å². The van der Waals surface area contributed by atoms with Crippen molar-refractivity contribution < 1.29 is 9.84 Å². The van der Waals surface area contributed by atoms with E-state index in [1.807, 2.05) is 42.8 Å². The summed E-state index contributed by atoms with van der Waals surface area (Å²) in [7, 11) is 1.66. The number of imidazole rings is 1. The molecule has 1 aromatic carbocycles. The third-order valence-electron chi connectivity index (χ3n) is 5.26. The first-order chi connectivity index (χ1) is 13.6. The molecule has 1 aliphatic rings. The Kier molecular flexibility index (Phi) is 3.99. The van der Waals surface area contributed by atoms with E-state index < -0.39 is 6.10 Å². The van der Waals surface area contributed by atoms with E-state index in [0.717, 1.165) is 33.1 Å². The van der Waals surface area contributed by atoms with E-state index in [2.05, 4.69) is 15.3 Å². The van der Waals surface area contributed by atoms with Crippen LogP contribution in [0.15, 0.2) is 30.9 Å². The summed E-state index contributed by atoms with van der Waals surface area (Å²) in [5, 5.41) is 19.7. The van der Waals surface area contributed by atoms with Crippen LogP contribution in [0.25, 0.3) is 10.5 Å². The van der Waals surface area contributed by atoms with Crippen molar-refractivity contribution >= 4 is 16.2 Å². The summed E-state index contributed by atoms with van der Waals surface area (Å²) in [6.45, 7) is 4.03. The number of hydrogen-bond donors (Lipinski definition) is 1. The number of aliphatic hydroxyl groups is 1. The lowest BCUT2D eigenvalue weighted by Crippen LogP contribution is -2.06. The number of aromatic nitrogens is 5. The summed E-state index contributed by atoms with van der Waals surface area (Å²) in [6, 6.07) is 3.94. The van der Waals surface area contributed by atoms with Gasteiger partial charge < -0.3 is 9.84 Å². The monoisotopic (exact) mass is 395 g/mol. The summed E-state index contributed by atoms with van der Waals surface area (Å²) in [6.07, 6.45) is 6.92. The van der Waals surface area contributed by atoms with Crippen molar-refractivity contribution in [2.75, 3.05) is 7.11 Å². The normalized spacial score (nSPS) is 15.3. The van der Waals surface area contributed by atoms with Gasteiger partial charge in [0.15, 0.2) is 0 Å². The quantitative estimate of drug-likeness (QED) is 0.559. The van der Waals surface area contributed by atoms with Crippen molar-refractivity contribution in [1.29, 1.82) is 0 Å². The number of aryl methyl sites for hydroxylation is 2. The van der Waals surface area contributed by atoms with Gasteiger partial charge in [0.05, 0.1) is 30.9 Å². The number of nitrogens with zero attached hydrogens (tertiary/aromatic N) is 5. The van der Waals surface area contributed by atoms with E-state index in [9.17, 15) is 5.11 Å². The number of benzene rings is 1. The smallest absolute Gasteiger partial charge is 0.141 e. The molecule has 1 fully saturated rings. The largest absolute Gasteiger partial charge is 0.497 e. The second kappa shape index (κ2) is 6.42. The molecule has 1 aliphatic carbocycles. The Hall–Kier alpha value is -2.71. The van der Waals surface area contributed by atoms with Crippen molar-refractivity contribution in [1.82, 2.24) is 24.4 Å². The lowest BCUT2D eigenvalue weighted by atomic mass is 10.1. The van der Waals surface area contributed by atoms with Gasteiger partial charge in [-0.2, -0.15) is 0 Å². The van der Waals surface area contributed by atoms with Crippen LogP contribution in [0.2, 0.25) is 0 Å². The number of hydrogen-bond acceptors (Lipinski definition) is 6. The van der Waals surface area contributed by atoms with Gasteiger partial charge in [0.1, 0.15) is 28.7 Å². The Morgan fingerprint density at radius 3 is 2.68 bits per heavy atom. The van der Waals surface area contributed by atoms with Crippen LogP contribution >= 0.6 is 11.3 Å². The topological polar surface area (TPSA) is 77.5 Å². The van der Waals surface area contributed by atoms with Gasteiger partial charge in [0, 0.05) is 4.88 Å². The molecule has 1 N–H and O–H groups in total. The molecule has 7 nitrogen and oxygen atoms in total. The van der Waals surface area contributed by atoms with Crippen LogP contribution in [0.1, 0.15) is 52.3 Å². The van der Waals surface area contributed by atoms with Gasteiger partial charge in [-0.05, 0) is 55.9 Å². The van der Waals surface area contributed by atoms with Gasteiger partial charge >= 0.3 is 0 Å². The van der Waals surface area contributed by atoms with Crippen LogP contribution in [-0.2, 0) is 0 Å². The van der Waals surface area contributed by atoms with Gasteiger partial charge in [0.25, 0.3) is 0 Å². The molecule has 1 atom stereocenters. The average Bonchev–Trinajstić information content (AvgIpc) is 3.08. The fourth-order valence-corrected chi connectivity index (χ4v) is 5.07. The van der Waals surface area contributed by atoms with Crippen molar-refractivity contribution in [3.63, 3.8) is 0 Å². The van der Waals surface area contributed by atoms with Crippen LogP contribution in [0.3, 0.4) is 0 Å². The Labute approximate surface area is 166 Å². The molecule has 0 aliphatic heterocycles. The maximum atomic E-state index is 11.2. The van der Waals surface area contributed by atoms with Gasteiger partial charge in [-0.15, -0.1) is 16.4 Å². The maximum absolute atomic E-state index is 11.2. The maximum Gasteiger partial charge on any atom is 0.141 e. The Morgan fingerprint density at radius 1 is 1.25 bits per heavy atom. The second-order valence-electron chi connectivity index (χ2n) is 7.33. The lowest BCUT2D eigenvalue weighted by molar-refractivity contribution is 0.208. The number of methoxy groups -OCH3 is 1. The standard InChI is InChI=1S/C20H21N5O2S/c1-11-6-14(27-3)7-12(2)17(11)25-9-15(22-23-25)19(26)18-20(13-4-5-13)28-16-8-21-10-24(16)18/h6-10,13,19,26H,4-5H2,1-3H3. The summed E-state index contributed by atoms with van der Waals surface area (Å²) < 4.78 is 9.05. The zero-order chi connectivity index (χ0) is 19.4. The molecule has 5 rings (SSSR count). The highest BCUT2D eigenvalue weighted by Crippen LogP contribution is 2.47. The SMILES string of the molecule is COc1cc(C)c(-n2cc(C(O)c3c(C4CC4)sc4cncn34)nn2)c(C)c1. The zero-order valence-corrected chi connectivity index (χ0v) is 16.8. The van der Waals surface area contributed by atoms with Gasteiger partial charge in [-0.3, -0.25) is 4.40 Å². The first-order valence-corrected chi connectivity index (χ1v) is 10.1. The molecule has 0 amide bonds. The van der Waals surface area contributed by atoms with Crippen LogP contribution < -0.4 is 4.74 Å². The molecule has 1 unspecified atom stereocenters. The Morgan fingerprint density at radius 2 is 2.00 bits per heavy atom. The molecule has 3 aromatic heterocycles. The number of fused-ring (bicyclic) bond motifs is 1. The molecule has 28 heavy (non-hydrogen) atoms. The Bertz CT molecular complexity index is 1150. The van der Waals surface area contributed by atoms with E-state index in [0.29, 0.717) is 11.6 Å². The van der Waals surface area contributed by atoms with Crippen LogP contribution in [0, 0.1) is 13.8 Å². The van der Waals surface area contributed by atoms with Crippen molar-refractivity contribution in [2.24, 2.45) is 0 Å². The van der Waals surface area contributed by atoms with Crippen LogP contribution in [0.5, 0.6) is 5.75 Å². The second-order valence-corrected chi connectivity index (χ2v) is 8.39. The lowest BCUT2D eigenvalue weighted by Gasteiger charge is -2.12. The van der Waals surface area contributed by atoms with Gasteiger partial charge in [-0.25, -0.2) is 9.67 Å². The fourth-order valence-electron chi connectivity index (χ4n) is 3.77. The molecular weight excluding hydrogens is 374 g/mol. The van der Waals surface area contributed by atoms with Crippen molar-refractivity contribution in [3.05, 3.63) is 58.2 Å². The van der Waals surface area contributed by atoms with E-state index in [4.69, 9.17) is 4.74 Å². The highest BCUT2D eigenvalue weighted by Gasteiger charge is 2.33. The van der Waals surface area contributed by atoms with Gasteiger partial charge in [0.2, 0.25) is 0 Å². The Balaban J connectivity index is 1.56. The highest BCUT2D eigenvalue weighted by atomic mass is 32.1. The summed E-state index contributed by atoms with van der Waals surface area (Å²) in [5.41, 5.74) is 4.43. The predicted molar refractivity (Wildman–Crippen MR) is 106 cm³/mol. The zero-order valence-electron chi connectivity index (χ0n) is 16.0. The van der Waals surface area contributed by atoms with Crippen molar-refractivity contribution in [2.45, 2.75) is 38.7 Å². The number of ether oxygens (including phenoxy) is 1. The molecule has 3 heterocycles. The number of rotatable bonds is 5. The van der Waals surface area contributed by atoms with Gasteiger partial charge in [-0.1, -0.05) is 5.21 Å². The van der Waals surface area contributed by atoms with E-state index in [1.54, 1.807) is 29.5 Å². The first-order valence-electron chi connectivity index (χ1n) is 9.27. The predicted octanol–water partition coefficient (Wildman–Crippen LogP) is 3.56. The molecule has 8 heteroatoms. The van der Waals surface area contributed by atoms with Crippen molar-refractivity contribution in [3.8, 4) is 11.4 Å². The third kappa shape index (κ3) is 2.71. The summed E-state index contributed by atoms with van der Waals surface area (Å²) >= 11 is 1.71. The molecule has 0 bridgehead atoms. The molecule has 4 aromatic rings. The minimum atomic E-state index is -0.842. The van der Waals surface area contributed by atoms with Crippen LogP contribution in [0.4, 0.5) is 0 Å². The van der Waals surface area contributed by atoms with E-state index >= 15 is 0 Å². The summed E-state index contributed by atoms with van der Waals surface area (Å²) in [4.78, 5) is 6.50. The first kappa shape index (κ1) is 17.4. The molecule has 1 saturated carbocycles. The molecular formula is C20H21N5O2S. The van der Waals surface area contributed by atoms with E-state index in [1.165, 1.54) is 17.7 Å². The molecule has 0 saturated heterocycles. The average molecular weight is 395 g/mol. The molecule has 0 radical (unpaired) electrons. The fraction of sp³-hybridized carbons (Fsp3) is 0.350. The minimum absolute atomic E-state index is 0.532. The number of aliphatic hydroxyl groups excluding tert-OH is 1.